The van der Waals surface area contributed by atoms with Gasteiger partial charge in [-0.2, -0.15) is 0 Å². The highest BCUT2D eigenvalue weighted by molar-refractivity contribution is 8.27. The van der Waals surface area contributed by atoms with Gasteiger partial charge in [-0.3, -0.25) is 9.69 Å². The molecule has 0 aliphatic carbocycles. The molecule has 1 fully saturated rings. The van der Waals surface area contributed by atoms with Crippen LogP contribution in [0.5, 0.6) is 0 Å². The Labute approximate surface area is 178 Å². The summed E-state index contributed by atoms with van der Waals surface area (Å²) in [7, 11) is 0. The second kappa shape index (κ2) is 7.14. The Kier molecular flexibility index (Phi) is 4.46. The van der Waals surface area contributed by atoms with Gasteiger partial charge in [0.1, 0.15) is 0 Å². The second-order valence-electron chi connectivity index (χ2n) is 7.09. The molecule has 1 aliphatic rings. The van der Waals surface area contributed by atoms with Gasteiger partial charge in [-0.1, -0.05) is 90.2 Å². The SMILES string of the molecule is Cc1ccc(N2C(=O)/C(=C/c3c4ccccc4cc4ccccc34)SC2=S)cc1. The molecule has 0 atom stereocenters. The summed E-state index contributed by atoms with van der Waals surface area (Å²) in [5, 5.41) is 4.58. The molecule has 0 spiro atoms. The van der Waals surface area contributed by atoms with E-state index in [4.69, 9.17) is 12.2 Å². The molecular weight excluding hydrogens is 394 g/mol. The predicted octanol–water partition coefficient (Wildman–Crippen LogP) is 6.71. The number of aryl methyl sites for hydroxylation is 1. The van der Waals surface area contributed by atoms with E-state index in [0.29, 0.717) is 9.23 Å². The average molecular weight is 412 g/mol. The van der Waals surface area contributed by atoms with E-state index in [2.05, 4.69) is 30.3 Å². The molecule has 0 aromatic heterocycles. The number of amides is 1. The fourth-order valence-electron chi connectivity index (χ4n) is 3.72. The minimum atomic E-state index is -0.0686. The minimum Gasteiger partial charge on any atom is -0.268 e. The van der Waals surface area contributed by atoms with Gasteiger partial charge in [0.2, 0.25) is 0 Å². The van der Waals surface area contributed by atoms with E-state index in [1.165, 1.54) is 11.8 Å². The molecule has 5 rings (SSSR count). The first kappa shape index (κ1) is 18.1. The highest BCUT2D eigenvalue weighted by atomic mass is 32.2. The van der Waals surface area contributed by atoms with Gasteiger partial charge in [0.05, 0.1) is 10.6 Å². The number of carbonyl (C=O) groups is 1. The molecule has 2 nitrogen and oxygen atoms in total. The third-order valence-corrected chi connectivity index (χ3v) is 6.48. The van der Waals surface area contributed by atoms with Crippen molar-refractivity contribution < 1.29 is 4.79 Å². The zero-order chi connectivity index (χ0) is 20.0. The topological polar surface area (TPSA) is 20.3 Å². The molecule has 140 valence electrons. The maximum absolute atomic E-state index is 13.2. The molecule has 1 aliphatic heterocycles. The number of thioether (sulfide) groups is 1. The molecule has 4 aromatic carbocycles. The number of nitrogens with zero attached hydrogens (tertiary/aromatic N) is 1. The van der Waals surface area contributed by atoms with Crippen LogP contribution in [0.2, 0.25) is 0 Å². The fraction of sp³-hybridized carbons (Fsp3) is 0.0400. The molecule has 0 unspecified atom stereocenters. The zero-order valence-electron chi connectivity index (χ0n) is 15.8. The van der Waals surface area contributed by atoms with Crippen LogP contribution < -0.4 is 4.90 Å². The van der Waals surface area contributed by atoms with Gasteiger partial charge in [0.15, 0.2) is 4.32 Å². The molecule has 0 bridgehead atoms. The van der Waals surface area contributed by atoms with E-state index in [9.17, 15) is 4.79 Å². The number of fused-ring (bicyclic) bond motifs is 2. The van der Waals surface area contributed by atoms with Crippen molar-refractivity contribution in [3.8, 4) is 0 Å². The van der Waals surface area contributed by atoms with Gasteiger partial charge < -0.3 is 0 Å². The number of anilines is 1. The van der Waals surface area contributed by atoms with Crippen LogP contribution >= 0.6 is 24.0 Å². The third-order valence-electron chi connectivity index (χ3n) is 5.17. The molecule has 0 N–H and O–H groups in total. The van der Waals surface area contributed by atoms with E-state index in [1.54, 1.807) is 4.90 Å². The van der Waals surface area contributed by atoms with Crippen molar-refractivity contribution in [1.82, 2.24) is 0 Å². The summed E-state index contributed by atoms with van der Waals surface area (Å²) in [4.78, 5) is 15.5. The lowest BCUT2D eigenvalue weighted by Gasteiger charge is -2.14. The first-order chi connectivity index (χ1) is 14.1. The van der Waals surface area contributed by atoms with Crippen molar-refractivity contribution in [3.05, 3.63) is 94.9 Å². The third kappa shape index (κ3) is 3.15. The van der Waals surface area contributed by atoms with E-state index in [1.807, 2.05) is 61.5 Å². The molecule has 0 saturated carbocycles. The fourth-order valence-corrected chi connectivity index (χ4v) is 5.00. The summed E-state index contributed by atoms with van der Waals surface area (Å²) in [6.45, 7) is 2.03. The zero-order valence-corrected chi connectivity index (χ0v) is 17.4. The molecule has 4 heteroatoms. The van der Waals surface area contributed by atoms with E-state index >= 15 is 0 Å². The Morgan fingerprint density at radius 1 is 0.862 bits per heavy atom. The lowest BCUT2D eigenvalue weighted by molar-refractivity contribution is -0.113. The Morgan fingerprint density at radius 3 is 2.07 bits per heavy atom. The molecule has 29 heavy (non-hydrogen) atoms. The highest BCUT2D eigenvalue weighted by Crippen LogP contribution is 2.38. The van der Waals surface area contributed by atoms with Crippen LogP contribution in [0.4, 0.5) is 5.69 Å². The molecule has 1 saturated heterocycles. The van der Waals surface area contributed by atoms with Crippen molar-refractivity contribution in [2.24, 2.45) is 0 Å². The molecular formula is C25H17NOS2. The summed E-state index contributed by atoms with van der Waals surface area (Å²) >= 11 is 6.91. The molecule has 4 aromatic rings. The lowest BCUT2D eigenvalue weighted by Crippen LogP contribution is -2.27. The number of hydrogen-bond donors (Lipinski definition) is 0. The first-order valence-electron chi connectivity index (χ1n) is 9.37. The van der Waals surface area contributed by atoms with Crippen molar-refractivity contribution >= 4 is 67.5 Å². The number of carbonyl (C=O) groups excluding carboxylic acids is 1. The Bertz CT molecular complexity index is 1270. The standard InChI is InChI=1S/C25H17NOS2/c1-16-10-12-19(13-11-16)26-24(27)23(29-25(26)28)15-22-20-8-4-2-6-17(20)14-18-7-3-5-9-21(18)22/h2-15H,1H3/b23-15-. The highest BCUT2D eigenvalue weighted by Gasteiger charge is 2.33. The maximum atomic E-state index is 13.2. The Balaban J connectivity index is 1.67. The number of benzene rings is 4. The summed E-state index contributed by atoms with van der Waals surface area (Å²) in [5.41, 5.74) is 3.02. The van der Waals surface area contributed by atoms with Crippen LogP contribution in [0.3, 0.4) is 0 Å². The van der Waals surface area contributed by atoms with Crippen molar-refractivity contribution in [1.29, 1.82) is 0 Å². The van der Waals surface area contributed by atoms with Crippen LogP contribution in [0.1, 0.15) is 11.1 Å². The quantitative estimate of drug-likeness (QED) is 0.208. The molecule has 1 amide bonds. The normalized spacial score (nSPS) is 15.8. The van der Waals surface area contributed by atoms with Gasteiger partial charge in [-0.15, -0.1) is 0 Å². The van der Waals surface area contributed by atoms with Crippen molar-refractivity contribution in [2.45, 2.75) is 6.92 Å². The smallest absolute Gasteiger partial charge is 0.268 e. The van der Waals surface area contributed by atoms with E-state index < -0.39 is 0 Å². The average Bonchev–Trinajstić information content (AvgIpc) is 3.01. The summed E-state index contributed by atoms with van der Waals surface area (Å²) in [6.07, 6.45) is 2.00. The molecule has 1 heterocycles. The van der Waals surface area contributed by atoms with Crippen LogP contribution in [-0.4, -0.2) is 10.2 Å². The summed E-state index contributed by atoms with van der Waals surface area (Å²) in [5.74, 6) is -0.0686. The Hall–Kier alpha value is -2.95. The predicted molar refractivity (Wildman–Crippen MR) is 128 cm³/mol. The summed E-state index contributed by atoms with van der Waals surface area (Å²) < 4.78 is 0.564. The van der Waals surface area contributed by atoms with Crippen LogP contribution in [0.15, 0.2) is 83.8 Å². The Morgan fingerprint density at radius 2 is 1.45 bits per heavy atom. The van der Waals surface area contributed by atoms with Crippen LogP contribution in [0.25, 0.3) is 27.6 Å². The van der Waals surface area contributed by atoms with Crippen LogP contribution in [0, 0.1) is 6.92 Å². The maximum Gasteiger partial charge on any atom is 0.270 e. The van der Waals surface area contributed by atoms with E-state index in [0.717, 1.165) is 38.4 Å². The monoisotopic (exact) mass is 411 g/mol. The van der Waals surface area contributed by atoms with Gasteiger partial charge in [-0.25, -0.2) is 0 Å². The summed E-state index contributed by atoms with van der Waals surface area (Å²) in [6, 6.07) is 26.6. The largest absolute Gasteiger partial charge is 0.270 e. The number of rotatable bonds is 2. The van der Waals surface area contributed by atoms with Crippen LogP contribution in [-0.2, 0) is 4.79 Å². The van der Waals surface area contributed by atoms with Gasteiger partial charge in [0, 0.05) is 0 Å². The number of thiocarbonyl (C=S) groups is 1. The van der Waals surface area contributed by atoms with E-state index in [-0.39, 0.29) is 5.91 Å². The van der Waals surface area contributed by atoms with Gasteiger partial charge in [-0.05, 0) is 58.3 Å². The lowest BCUT2D eigenvalue weighted by atomic mass is 9.96. The van der Waals surface area contributed by atoms with Crippen molar-refractivity contribution in [3.63, 3.8) is 0 Å². The van der Waals surface area contributed by atoms with Gasteiger partial charge in [0.25, 0.3) is 5.91 Å². The van der Waals surface area contributed by atoms with Gasteiger partial charge >= 0.3 is 0 Å². The molecule has 0 radical (unpaired) electrons. The number of hydrogen-bond acceptors (Lipinski definition) is 3. The van der Waals surface area contributed by atoms with Crippen molar-refractivity contribution in [2.75, 3.05) is 4.90 Å². The second-order valence-corrected chi connectivity index (χ2v) is 8.76. The first-order valence-corrected chi connectivity index (χ1v) is 10.6. The minimum absolute atomic E-state index is 0.0686.